The highest BCUT2D eigenvalue weighted by Gasteiger charge is 2.13. The van der Waals surface area contributed by atoms with Gasteiger partial charge in [0.25, 0.3) is 0 Å². The predicted octanol–water partition coefficient (Wildman–Crippen LogP) is 4.12. The molecule has 2 aromatic rings. The van der Waals surface area contributed by atoms with Crippen molar-refractivity contribution < 1.29 is 4.74 Å². The minimum absolute atomic E-state index is 0.211. The van der Waals surface area contributed by atoms with E-state index in [9.17, 15) is 5.26 Å². The third kappa shape index (κ3) is 3.52. The van der Waals surface area contributed by atoms with E-state index >= 15 is 0 Å². The number of nitrogens with zero attached hydrogens (tertiary/aromatic N) is 2. The van der Waals surface area contributed by atoms with Crippen molar-refractivity contribution in [2.75, 3.05) is 6.61 Å². The first-order chi connectivity index (χ1) is 11.3. The third-order valence-corrected chi connectivity index (χ3v) is 4.34. The summed E-state index contributed by atoms with van der Waals surface area (Å²) in [7, 11) is 0. The Hall–Kier alpha value is -2.78. The van der Waals surface area contributed by atoms with Crippen LogP contribution in [0.25, 0.3) is 0 Å². The van der Waals surface area contributed by atoms with Gasteiger partial charge >= 0.3 is 0 Å². The minimum Gasteiger partial charge on any atom is -0.494 e. The Bertz CT molecular complexity index is 766. The standard InChI is InChI=1S/C20H18N2O/c21-13-15-4-6-17(7-5-15)19(14-22)10-11-23-20-9-8-16-2-1-3-18(16)12-20/h4-9,12,19H,1-3,10-11H2. The number of hydrogen-bond acceptors (Lipinski definition) is 3. The second-order valence-electron chi connectivity index (χ2n) is 5.84. The second-order valence-corrected chi connectivity index (χ2v) is 5.84. The summed E-state index contributed by atoms with van der Waals surface area (Å²) in [5, 5.41) is 18.2. The van der Waals surface area contributed by atoms with Crippen LogP contribution in [0.2, 0.25) is 0 Å². The fourth-order valence-electron chi connectivity index (χ4n) is 3.03. The van der Waals surface area contributed by atoms with E-state index in [-0.39, 0.29) is 5.92 Å². The van der Waals surface area contributed by atoms with Crippen molar-refractivity contribution in [2.45, 2.75) is 31.6 Å². The van der Waals surface area contributed by atoms with Gasteiger partial charge in [-0.05, 0) is 60.2 Å². The molecule has 0 amide bonds. The second kappa shape index (κ2) is 6.99. The van der Waals surface area contributed by atoms with Crippen LogP contribution in [0.3, 0.4) is 0 Å². The van der Waals surface area contributed by atoms with Gasteiger partial charge in [-0.15, -0.1) is 0 Å². The minimum atomic E-state index is -0.211. The molecule has 1 atom stereocenters. The summed E-state index contributed by atoms with van der Waals surface area (Å²) in [5.74, 6) is 0.680. The van der Waals surface area contributed by atoms with Crippen molar-refractivity contribution >= 4 is 0 Å². The molecule has 0 heterocycles. The molecule has 1 aliphatic rings. The maximum absolute atomic E-state index is 9.36. The predicted molar refractivity (Wildman–Crippen MR) is 88.1 cm³/mol. The van der Waals surface area contributed by atoms with Crippen LogP contribution in [-0.4, -0.2) is 6.61 Å². The van der Waals surface area contributed by atoms with Crippen LogP contribution in [0, 0.1) is 22.7 Å². The van der Waals surface area contributed by atoms with Gasteiger partial charge in [0.2, 0.25) is 0 Å². The highest BCUT2D eigenvalue weighted by atomic mass is 16.5. The monoisotopic (exact) mass is 302 g/mol. The van der Waals surface area contributed by atoms with Crippen LogP contribution >= 0.6 is 0 Å². The zero-order valence-corrected chi connectivity index (χ0v) is 13.0. The maximum atomic E-state index is 9.36. The molecule has 1 unspecified atom stereocenters. The number of benzene rings is 2. The molecule has 0 saturated carbocycles. The summed E-state index contributed by atoms with van der Waals surface area (Å²) < 4.78 is 5.83. The Labute approximate surface area is 136 Å². The zero-order chi connectivity index (χ0) is 16.1. The van der Waals surface area contributed by atoms with Gasteiger partial charge in [0, 0.05) is 6.42 Å². The van der Waals surface area contributed by atoms with Crippen molar-refractivity contribution in [3.8, 4) is 17.9 Å². The molecule has 0 N–H and O–H groups in total. The molecule has 1 aliphatic carbocycles. The van der Waals surface area contributed by atoms with Gasteiger partial charge in [0.15, 0.2) is 0 Å². The summed E-state index contributed by atoms with van der Waals surface area (Å²) in [4.78, 5) is 0. The van der Waals surface area contributed by atoms with Crippen LogP contribution in [0.4, 0.5) is 0 Å². The van der Waals surface area contributed by atoms with Crippen molar-refractivity contribution in [2.24, 2.45) is 0 Å². The van der Waals surface area contributed by atoms with Gasteiger partial charge in [0.1, 0.15) is 5.75 Å². The summed E-state index contributed by atoms with van der Waals surface area (Å²) in [5.41, 5.74) is 4.38. The number of aryl methyl sites for hydroxylation is 2. The van der Waals surface area contributed by atoms with Crippen LogP contribution in [0.15, 0.2) is 42.5 Å². The molecule has 3 rings (SSSR count). The summed E-state index contributed by atoms with van der Waals surface area (Å²) in [6.45, 7) is 0.511. The lowest BCUT2D eigenvalue weighted by Crippen LogP contribution is -2.05. The number of nitriles is 2. The average molecular weight is 302 g/mol. The largest absolute Gasteiger partial charge is 0.494 e. The van der Waals surface area contributed by atoms with E-state index in [0.717, 1.165) is 17.7 Å². The van der Waals surface area contributed by atoms with E-state index in [4.69, 9.17) is 10.00 Å². The molecule has 3 heteroatoms. The number of fused-ring (bicyclic) bond motifs is 1. The van der Waals surface area contributed by atoms with Crippen LogP contribution in [0.1, 0.15) is 41.0 Å². The van der Waals surface area contributed by atoms with Gasteiger partial charge in [-0.2, -0.15) is 10.5 Å². The fraction of sp³-hybridized carbons (Fsp3) is 0.300. The summed E-state index contributed by atoms with van der Waals surface area (Å²) in [6, 6.07) is 17.9. The molecule has 114 valence electrons. The Morgan fingerprint density at radius 1 is 1.00 bits per heavy atom. The molecule has 0 aliphatic heterocycles. The topological polar surface area (TPSA) is 56.8 Å². The van der Waals surface area contributed by atoms with Gasteiger partial charge in [0.05, 0.1) is 30.2 Å². The first kappa shape index (κ1) is 15.1. The van der Waals surface area contributed by atoms with Crippen LogP contribution < -0.4 is 4.74 Å². The van der Waals surface area contributed by atoms with Gasteiger partial charge in [-0.3, -0.25) is 0 Å². The molecule has 23 heavy (non-hydrogen) atoms. The molecule has 2 aromatic carbocycles. The SMILES string of the molecule is N#Cc1ccc(C(C#N)CCOc2ccc3c(c2)CCC3)cc1. The van der Waals surface area contributed by atoms with Gasteiger partial charge < -0.3 is 4.74 Å². The van der Waals surface area contributed by atoms with Crippen molar-refractivity contribution in [3.05, 3.63) is 64.7 Å². The smallest absolute Gasteiger partial charge is 0.119 e. The summed E-state index contributed by atoms with van der Waals surface area (Å²) >= 11 is 0. The normalized spacial score (nSPS) is 13.7. The van der Waals surface area contributed by atoms with E-state index in [1.165, 1.54) is 24.0 Å². The van der Waals surface area contributed by atoms with Gasteiger partial charge in [-0.25, -0.2) is 0 Å². The molecule has 0 bridgehead atoms. The lowest BCUT2D eigenvalue weighted by molar-refractivity contribution is 0.305. The maximum Gasteiger partial charge on any atom is 0.119 e. The highest BCUT2D eigenvalue weighted by Crippen LogP contribution is 2.26. The van der Waals surface area contributed by atoms with Gasteiger partial charge in [-0.1, -0.05) is 18.2 Å². The Kier molecular flexibility index (Phi) is 4.60. The van der Waals surface area contributed by atoms with E-state index in [1.807, 2.05) is 18.2 Å². The Balaban J connectivity index is 1.58. The number of ether oxygens (including phenoxy) is 1. The summed E-state index contributed by atoms with van der Waals surface area (Å²) in [6.07, 6.45) is 4.18. The van der Waals surface area contributed by atoms with E-state index in [1.54, 1.807) is 12.1 Å². The molecule has 3 nitrogen and oxygen atoms in total. The van der Waals surface area contributed by atoms with Crippen molar-refractivity contribution in [1.82, 2.24) is 0 Å². The Morgan fingerprint density at radius 3 is 2.52 bits per heavy atom. The zero-order valence-electron chi connectivity index (χ0n) is 13.0. The molecule has 0 fully saturated rings. The molecule has 0 aromatic heterocycles. The average Bonchev–Trinajstić information content (AvgIpc) is 3.07. The van der Waals surface area contributed by atoms with E-state index in [2.05, 4.69) is 24.3 Å². The third-order valence-electron chi connectivity index (χ3n) is 4.34. The quantitative estimate of drug-likeness (QED) is 0.834. The van der Waals surface area contributed by atoms with Crippen molar-refractivity contribution in [3.63, 3.8) is 0 Å². The lowest BCUT2D eigenvalue weighted by atomic mass is 9.97. The van der Waals surface area contributed by atoms with E-state index in [0.29, 0.717) is 18.6 Å². The van der Waals surface area contributed by atoms with E-state index < -0.39 is 0 Å². The first-order valence-electron chi connectivity index (χ1n) is 7.94. The number of rotatable bonds is 5. The number of hydrogen-bond donors (Lipinski definition) is 0. The molecule has 0 spiro atoms. The first-order valence-corrected chi connectivity index (χ1v) is 7.94. The molecule has 0 saturated heterocycles. The van der Waals surface area contributed by atoms with Crippen LogP contribution in [0.5, 0.6) is 5.75 Å². The van der Waals surface area contributed by atoms with Crippen LogP contribution in [-0.2, 0) is 12.8 Å². The molecular weight excluding hydrogens is 284 g/mol. The fourth-order valence-corrected chi connectivity index (χ4v) is 3.03. The lowest BCUT2D eigenvalue weighted by Gasteiger charge is -2.12. The highest BCUT2D eigenvalue weighted by molar-refractivity contribution is 5.38. The molecule has 0 radical (unpaired) electrons. The molecular formula is C20H18N2O. The Morgan fingerprint density at radius 2 is 1.78 bits per heavy atom. The van der Waals surface area contributed by atoms with Crippen molar-refractivity contribution in [1.29, 1.82) is 10.5 Å².